The lowest BCUT2D eigenvalue weighted by molar-refractivity contribution is -0.126. The van der Waals surface area contributed by atoms with Crippen molar-refractivity contribution in [2.75, 3.05) is 87.7 Å². The quantitative estimate of drug-likeness (QED) is 0.489. The van der Waals surface area contributed by atoms with Gasteiger partial charge in [-0.1, -0.05) is 30.8 Å². The number of phenolic OH excluding ortho intramolecular Hbond substituents is 1. The van der Waals surface area contributed by atoms with Crippen molar-refractivity contribution in [2.45, 2.75) is 13.0 Å². The van der Waals surface area contributed by atoms with Gasteiger partial charge in [-0.25, -0.2) is 15.0 Å². The van der Waals surface area contributed by atoms with E-state index < -0.39 is 0 Å². The van der Waals surface area contributed by atoms with Crippen molar-refractivity contribution >= 4 is 34.1 Å². The summed E-state index contributed by atoms with van der Waals surface area (Å²) < 4.78 is 0. The number of phenols is 1. The molecular weight excluding hydrogens is 504 g/mol. The van der Waals surface area contributed by atoms with Gasteiger partial charge in [0.2, 0.25) is 11.9 Å². The summed E-state index contributed by atoms with van der Waals surface area (Å²) >= 11 is 0. The van der Waals surface area contributed by atoms with E-state index in [1.165, 1.54) is 11.6 Å². The third-order valence-corrected chi connectivity index (χ3v) is 8.37. The van der Waals surface area contributed by atoms with Crippen molar-refractivity contribution in [1.82, 2.24) is 24.9 Å². The number of aromatic nitrogens is 2. The van der Waals surface area contributed by atoms with Gasteiger partial charge in [0.15, 0.2) is 0 Å². The fourth-order valence-electron chi connectivity index (χ4n) is 6.11. The van der Waals surface area contributed by atoms with Gasteiger partial charge in [0.25, 0.3) is 0 Å². The fraction of sp³-hybridized carbons (Fsp3) is 0.433. The summed E-state index contributed by atoms with van der Waals surface area (Å²) in [4.78, 5) is 31.3. The van der Waals surface area contributed by atoms with Crippen LogP contribution in [0, 0.1) is 0 Å². The van der Waals surface area contributed by atoms with Crippen LogP contribution in [-0.2, 0) is 17.8 Å². The lowest BCUT2D eigenvalue weighted by Crippen LogP contribution is -2.52. The second kappa shape index (κ2) is 10.9. The molecule has 2 fully saturated rings. The molecule has 3 aliphatic rings. The lowest BCUT2D eigenvalue weighted by Gasteiger charge is -2.40. The number of hydrogen-bond acceptors (Lipinski definition) is 9. The molecule has 2 saturated heterocycles. The van der Waals surface area contributed by atoms with Crippen LogP contribution in [-0.4, -0.2) is 109 Å². The highest BCUT2D eigenvalue weighted by molar-refractivity contribution is 5.95. The number of aromatic hydroxyl groups is 1. The average molecular weight is 543 g/mol. The van der Waals surface area contributed by atoms with Crippen LogP contribution < -0.4 is 14.7 Å². The molecule has 0 saturated carbocycles. The number of fused-ring (bicyclic) bond motifs is 2. The highest BCUT2D eigenvalue weighted by Gasteiger charge is 2.30. The van der Waals surface area contributed by atoms with E-state index in [0.717, 1.165) is 86.2 Å². The van der Waals surface area contributed by atoms with E-state index in [-0.39, 0.29) is 11.7 Å². The van der Waals surface area contributed by atoms with Crippen LogP contribution in [0.25, 0.3) is 10.8 Å². The van der Waals surface area contributed by atoms with E-state index in [0.29, 0.717) is 19.6 Å². The molecule has 40 heavy (non-hydrogen) atoms. The van der Waals surface area contributed by atoms with Crippen LogP contribution in [0.3, 0.4) is 0 Å². The zero-order chi connectivity index (χ0) is 27.8. The summed E-state index contributed by atoms with van der Waals surface area (Å²) in [5.74, 6) is 2.03. The molecule has 1 N–H and O–H groups in total. The zero-order valence-corrected chi connectivity index (χ0v) is 23.5. The molecule has 3 aromatic rings. The molecule has 6 rings (SSSR count). The highest BCUT2D eigenvalue weighted by Crippen LogP contribution is 2.36. The Hall–Kier alpha value is -3.89. The minimum Gasteiger partial charge on any atom is -0.508 e. The number of anilines is 3. The summed E-state index contributed by atoms with van der Waals surface area (Å²) in [5.41, 5.74) is 3.26. The maximum Gasteiger partial charge on any atom is 0.246 e. The largest absolute Gasteiger partial charge is 0.508 e. The second-order valence-corrected chi connectivity index (χ2v) is 10.9. The number of hydrazine groups is 1. The molecule has 0 aliphatic carbocycles. The molecule has 3 aliphatic heterocycles. The Balaban J connectivity index is 1.34. The molecule has 0 unspecified atom stereocenters. The minimum absolute atomic E-state index is 0.0159. The van der Waals surface area contributed by atoms with Crippen molar-refractivity contribution in [1.29, 1.82) is 0 Å². The van der Waals surface area contributed by atoms with Crippen molar-refractivity contribution in [3.8, 4) is 5.75 Å². The first-order valence-corrected chi connectivity index (χ1v) is 14.1. The number of rotatable bonds is 5. The highest BCUT2D eigenvalue weighted by atomic mass is 16.3. The number of hydrogen-bond donors (Lipinski definition) is 1. The summed E-state index contributed by atoms with van der Waals surface area (Å²) in [7, 11) is 4.17. The van der Waals surface area contributed by atoms with Crippen LogP contribution in [0.15, 0.2) is 49.1 Å². The topological polar surface area (TPSA) is 82.5 Å². The van der Waals surface area contributed by atoms with Gasteiger partial charge in [-0.2, -0.15) is 4.98 Å². The molecule has 10 nitrogen and oxygen atoms in total. The first kappa shape index (κ1) is 26.3. The number of amides is 1. The molecule has 0 atom stereocenters. The smallest absolute Gasteiger partial charge is 0.246 e. The number of nitrogens with zero attached hydrogens (tertiary/aromatic N) is 8. The number of benzene rings is 2. The SMILES string of the molecule is C=CC(=O)N1CCN(c2nc(N3CCN(N(C)C)CC3)nc3c2CCN(c2cc(O)cc4ccccc24)C3)CC1. The Kier molecular flexibility index (Phi) is 7.20. The molecule has 1 amide bonds. The van der Waals surface area contributed by atoms with Gasteiger partial charge in [-0.15, -0.1) is 0 Å². The van der Waals surface area contributed by atoms with Gasteiger partial charge in [-0.05, 0) is 23.9 Å². The number of piperazine rings is 2. The van der Waals surface area contributed by atoms with Gasteiger partial charge >= 0.3 is 0 Å². The van der Waals surface area contributed by atoms with E-state index in [1.54, 1.807) is 0 Å². The van der Waals surface area contributed by atoms with Gasteiger partial charge in [-0.3, -0.25) is 4.79 Å². The molecule has 0 spiro atoms. The Bertz CT molecular complexity index is 1410. The second-order valence-electron chi connectivity index (χ2n) is 10.9. The van der Waals surface area contributed by atoms with Crippen LogP contribution in [0.4, 0.5) is 17.5 Å². The molecule has 4 heterocycles. The van der Waals surface area contributed by atoms with Gasteiger partial charge in [0.05, 0.1) is 12.2 Å². The van der Waals surface area contributed by atoms with Gasteiger partial charge in [0.1, 0.15) is 11.6 Å². The normalized spacial score (nSPS) is 18.4. The van der Waals surface area contributed by atoms with Crippen molar-refractivity contribution in [2.24, 2.45) is 0 Å². The van der Waals surface area contributed by atoms with Gasteiger partial charge in [0, 0.05) is 95.7 Å². The lowest BCUT2D eigenvalue weighted by atomic mass is 10.0. The first-order chi connectivity index (χ1) is 19.4. The molecule has 0 bridgehead atoms. The number of carbonyl (C=O) groups is 1. The molecule has 0 radical (unpaired) electrons. The summed E-state index contributed by atoms with van der Waals surface area (Å²) in [5, 5.41) is 17.1. The van der Waals surface area contributed by atoms with Gasteiger partial charge < -0.3 is 24.7 Å². The summed E-state index contributed by atoms with van der Waals surface area (Å²) in [6.07, 6.45) is 2.21. The predicted octanol–water partition coefficient (Wildman–Crippen LogP) is 2.33. The first-order valence-electron chi connectivity index (χ1n) is 14.1. The molecule has 2 aromatic carbocycles. The summed E-state index contributed by atoms with van der Waals surface area (Å²) in [6.45, 7) is 11.5. The third kappa shape index (κ3) is 5.04. The van der Waals surface area contributed by atoms with Crippen molar-refractivity contribution < 1.29 is 9.90 Å². The molecular formula is C30H38N8O2. The van der Waals surface area contributed by atoms with Crippen LogP contribution in [0.1, 0.15) is 11.3 Å². The van der Waals surface area contributed by atoms with E-state index in [9.17, 15) is 9.90 Å². The number of carbonyl (C=O) groups excluding carboxylic acids is 1. The Morgan fingerprint density at radius 2 is 1.65 bits per heavy atom. The van der Waals surface area contributed by atoms with E-state index in [4.69, 9.17) is 9.97 Å². The minimum atomic E-state index is -0.0159. The monoisotopic (exact) mass is 542 g/mol. The third-order valence-electron chi connectivity index (χ3n) is 8.37. The van der Waals surface area contributed by atoms with Crippen molar-refractivity contribution in [3.05, 3.63) is 60.3 Å². The predicted molar refractivity (Wildman–Crippen MR) is 159 cm³/mol. The zero-order valence-electron chi connectivity index (χ0n) is 23.5. The fourth-order valence-corrected chi connectivity index (χ4v) is 6.11. The average Bonchev–Trinajstić information content (AvgIpc) is 2.99. The van der Waals surface area contributed by atoms with Crippen molar-refractivity contribution in [3.63, 3.8) is 0 Å². The summed E-state index contributed by atoms with van der Waals surface area (Å²) in [6, 6.07) is 11.9. The maximum atomic E-state index is 12.2. The van der Waals surface area contributed by atoms with E-state index in [2.05, 4.69) is 51.5 Å². The van der Waals surface area contributed by atoms with E-state index in [1.807, 2.05) is 35.2 Å². The standard InChI is InChI=1S/C30H38N8O2/c1-4-28(40)34-11-13-35(14-12-34)29-25-9-10-37(27-20-23(39)19-22-7-5-6-8-24(22)27)21-26(25)31-30(32-29)36-15-17-38(18-16-36)33(2)3/h4-8,19-20,39H,1,9-18,21H2,2-3H3. The Labute approximate surface area is 235 Å². The Morgan fingerprint density at radius 1 is 0.925 bits per heavy atom. The van der Waals surface area contributed by atoms with Crippen LogP contribution in [0.2, 0.25) is 0 Å². The molecule has 10 heteroatoms. The maximum absolute atomic E-state index is 12.2. The molecule has 210 valence electrons. The van der Waals surface area contributed by atoms with Crippen LogP contribution in [0.5, 0.6) is 5.75 Å². The Morgan fingerprint density at radius 3 is 2.38 bits per heavy atom. The van der Waals surface area contributed by atoms with E-state index >= 15 is 0 Å². The molecule has 1 aromatic heterocycles. The van der Waals surface area contributed by atoms with Crippen LogP contribution >= 0.6 is 0 Å².